The maximum Gasteiger partial charge on any atom is 0.358 e. The lowest BCUT2D eigenvalue weighted by Gasteiger charge is -2.31. The fourth-order valence-electron chi connectivity index (χ4n) is 4.96. The zero-order valence-corrected chi connectivity index (χ0v) is 22.7. The van der Waals surface area contributed by atoms with Gasteiger partial charge in [-0.25, -0.2) is 18.7 Å². The second-order valence-corrected chi connectivity index (χ2v) is 10.0. The zero-order valence-electron chi connectivity index (χ0n) is 22.0. The summed E-state index contributed by atoms with van der Waals surface area (Å²) in [5.74, 6) is -0.0513. The quantitative estimate of drug-likeness (QED) is 0.262. The number of hydrogen-bond acceptors (Lipinski definition) is 7. The van der Waals surface area contributed by atoms with E-state index in [0.29, 0.717) is 35.5 Å². The van der Waals surface area contributed by atoms with Crippen LogP contribution >= 0.6 is 11.6 Å². The molecule has 4 heterocycles. The average molecular weight is 556 g/mol. The van der Waals surface area contributed by atoms with Crippen LogP contribution in [-0.2, 0) is 29.2 Å². The molecule has 39 heavy (non-hydrogen) atoms. The molecule has 0 bridgehead atoms. The topological polar surface area (TPSA) is 83.1 Å². The zero-order chi connectivity index (χ0) is 27.4. The van der Waals surface area contributed by atoms with Crippen molar-refractivity contribution in [2.24, 2.45) is 0 Å². The Balaban J connectivity index is 1.21. The number of fused-ring (bicyclic) bond motifs is 1. The Morgan fingerprint density at radius 3 is 2.72 bits per heavy atom. The summed E-state index contributed by atoms with van der Waals surface area (Å²) in [6.07, 6.45) is 3.89. The molecule has 0 atom stereocenters. The van der Waals surface area contributed by atoms with Crippen molar-refractivity contribution in [2.75, 3.05) is 33.9 Å². The minimum Gasteiger partial charge on any atom is -0.473 e. The predicted octanol–water partition coefficient (Wildman–Crippen LogP) is 4.71. The highest BCUT2D eigenvalue weighted by Gasteiger charge is 2.24. The number of methoxy groups -OCH3 is 2. The number of carbonyl (C=O) groups excluding carboxylic acids is 1. The van der Waals surface area contributed by atoms with Gasteiger partial charge in [-0.3, -0.25) is 4.90 Å². The van der Waals surface area contributed by atoms with Gasteiger partial charge in [-0.15, -0.1) is 0 Å². The number of aromatic nitrogens is 4. The van der Waals surface area contributed by atoms with E-state index in [1.54, 1.807) is 35.9 Å². The molecule has 1 saturated heterocycles. The standard InChI is InChI=1S/C28H31ClFN5O4/c1-37-13-12-34-22(17-35-27(34)15-25(32-35)28(36)38-2)16-33-10-8-19(9-11-33)24-4-3-5-26(31-24)39-18-20-6-7-21(29)14-23(20)30/h3-7,14-15,17,19H,8-13,16,18H2,1-2H3. The van der Waals surface area contributed by atoms with Crippen molar-refractivity contribution in [1.29, 1.82) is 0 Å². The molecule has 0 radical (unpaired) electrons. The van der Waals surface area contributed by atoms with E-state index in [4.69, 9.17) is 30.8 Å². The molecule has 3 aromatic heterocycles. The molecule has 1 aromatic carbocycles. The van der Waals surface area contributed by atoms with Crippen LogP contribution in [0.5, 0.6) is 5.88 Å². The molecule has 1 aliphatic heterocycles. The number of piperidine rings is 1. The highest BCUT2D eigenvalue weighted by atomic mass is 35.5. The Bertz CT molecular complexity index is 1450. The minimum atomic E-state index is -0.458. The van der Waals surface area contributed by atoms with E-state index in [1.165, 1.54) is 13.2 Å². The van der Waals surface area contributed by atoms with Crippen LogP contribution in [0.25, 0.3) is 5.65 Å². The van der Waals surface area contributed by atoms with E-state index in [0.717, 1.165) is 49.5 Å². The van der Waals surface area contributed by atoms with Crippen molar-refractivity contribution < 1.29 is 23.4 Å². The molecule has 0 unspecified atom stereocenters. The number of rotatable bonds is 10. The molecule has 0 amide bonds. The second kappa shape index (κ2) is 12.1. The van der Waals surface area contributed by atoms with Gasteiger partial charge in [0.25, 0.3) is 0 Å². The number of esters is 1. The van der Waals surface area contributed by atoms with E-state index in [2.05, 4.69) is 14.6 Å². The van der Waals surface area contributed by atoms with E-state index in [1.807, 2.05) is 18.3 Å². The number of halogens is 2. The van der Waals surface area contributed by atoms with E-state index < -0.39 is 11.8 Å². The molecule has 1 aliphatic rings. The van der Waals surface area contributed by atoms with Crippen molar-refractivity contribution in [3.8, 4) is 5.88 Å². The number of likely N-dealkylation sites (tertiary alicyclic amines) is 1. The van der Waals surface area contributed by atoms with Crippen LogP contribution in [0.3, 0.4) is 0 Å². The molecule has 206 valence electrons. The number of hydrogen-bond donors (Lipinski definition) is 0. The van der Waals surface area contributed by atoms with E-state index in [-0.39, 0.29) is 12.3 Å². The van der Waals surface area contributed by atoms with Crippen LogP contribution < -0.4 is 4.74 Å². The van der Waals surface area contributed by atoms with Crippen LogP contribution in [-0.4, -0.2) is 64.0 Å². The number of imidazole rings is 1. The van der Waals surface area contributed by atoms with Gasteiger partial charge >= 0.3 is 5.97 Å². The van der Waals surface area contributed by atoms with Crippen LogP contribution in [0.15, 0.2) is 48.7 Å². The summed E-state index contributed by atoms with van der Waals surface area (Å²) < 4.78 is 33.9. The van der Waals surface area contributed by atoms with Crippen LogP contribution in [0.4, 0.5) is 4.39 Å². The summed E-state index contributed by atoms with van der Waals surface area (Å²) in [5, 5.41) is 4.74. The number of benzene rings is 1. The third-order valence-corrected chi connectivity index (χ3v) is 7.29. The number of ether oxygens (including phenoxy) is 3. The molecule has 5 rings (SSSR count). The summed E-state index contributed by atoms with van der Waals surface area (Å²) >= 11 is 5.84. The van der Waals surface area contributed by atoms with Crippen molar-refractivity contribution in [2.45, 2.75) is 38.5 Å². The first-order valence-corrected chi connectivity index (χ1v) is 13.2. The minimum absolute atomic E-state index is 0.0885. The summed E-state index contributed by atoms with van der Waals surface area (Å²) in [7, 11) is 3.02. The Morgan fingerprint density at radius 1 is 1.15 bits per heavy atom. The van der Waals surface area contributed by atoms with Crippen molar-refractivity contribution >= 4 is 23.2 Å². The fourth-order valence-corrected chi connectivity index (χ4v) is 5.11. The molecular formula is C28H31ClFN5O4. The van der Waals surface area contributed by atoms with Gasteiger partial charge in [0, 0.05) is 54.5 Å². The van der Waals surface area contributed by atoms with Crippen LogP contribution in [0, 0.1) is 5.82 Å². The largest absolute Gasteiger partial charge is 0.473 e. The summed E-state index contributed by atoms with van der Waals surface area (Å²) in [5.41, 5.74) is 3.64. The molecule has 9 nitrogen and oxygen atoms in total. The average Bonchev–Trinajstić information content (AvgIpc) is 3.49. The number of pyridine rings is 1. The van der Waals surface area contributed by atoms with Crippen molar-refractivity contribution in [1.82, 2.24) is 24.1 Å². The molecule has 4 aromatic rings. The monoisotopic (exact) mass is 555 g/mol. The highest BCUT2D eigenvalue weighted by Crippen LogP contribution is 2.29. The number of nitrogens with zero attached hydrogens (tertiary/aromatic N) is 5. The molecule has 0 saturated carbocycles. The summed E-state index contributed by atoms with van der Waals surface area (Å²) in [4.78, 5) is 19.1. The first kappa shape index (κ1) is 27.1. The smallest absolute Gasteiger partial charge is 0.358 e. The van der Waals surface area contributed by atoms with Gasteiger partial charge in [-0.05, 0) is 44.1 Å². The van der Waals surface area contributed by atoms with E-state index in [9.17, 15) is 9.18 Å². The van der Waals surface area contributed by atoms with Gasteiger partial charge in [0.1, 0.15) is 18.1 Å². The van der Waals surface area contributed by atoms with Crippen molar-refractivity contribution in [3.63, 3.8) is 0 Å². The Kier molecular flexibility index (Phi) is 8.44. The van der Waals surface area contributed by atoms with Gasteiger partial charge in [0.05, 0.1) is 25.6 Å². The second-order valence-electron chi connectivity index (χ2n) is 9.56. The Hall–Kier alpha value is -3.47. The van der Waals surface area contributed by atoms with Gasteiger partial charge in [-0.1, -0.05) is 23.7 Å². The van der Waals surface area contributed by atoms with Crippen molar-refractivity contribution in [3.05, 3.63) is 82.1 Å². The molecule has 1 fully saturated rings. The summed E-state index contributed by atoms with van der Waals surface area (Å²) in [6.45, 7) is 3.88. The molecule has 0 aliphatic carbocycles. The first-order chi connectivity index (χ1) is 18.9. The summed E-state index contributed by atoms with van der Waals surface area (Å²) in [6, 6.07) is 12.1. The predicted molar refractivity (Wildman–Crippen MR) is 144 cm³/mol. The van der Waals surface area contributed by atoms with Crippen LogP contribution in [0.2, 0.25) is 5.02 Å². The molecule has 0 N–H and O–H groups in total. The third-order valence-electron chi connectivity index (χ3n) is 7.05. The Morgan fingerprint density at radius 2 is 1.97 bits per heavy atom. The highest BCUT2D eigenvalue weighted by molar-refractivity contribution is 6.30. The molecule has 11 heteroatoms. The van der Waals surface area contributed by atoms with E-state index >= 15 is 0 Å². The molecular weight excluding hydrogens is 525 g/mol. The van der Waals surface area contributed by atoms with Gasteiger partial charge < -0.3 is 18.8 Å². The molecule has 0 spiro atoms. The maximum atomic E-state index is 14.1. The SMILES string of the molecule is COCCn1c(CN2CCC(c3cccc(OCc4ccc(Cl)cc4F)n3)CC2)cn2nc(C(=O)OC)cc12. The fraction of sp³-hybridized carbons (Fsp3) is 0.393. The van der Waals surface area contributed by atoms with Gasteiger partial charge in [-0.2, -0.15) is 5.10 Å². The normalized spacial score (nSPS) is 14.7. The van der Waals surface area contributed by atoms with Gasteiger partial charge in [0.2, 0.25) is 5.88 Å². The Labute approximate surface area is 231 Å². The number of carbonyl (C=O) groups is 1. The van der Waals surface area contributed by atoms with Gasteiger partial charge in [0.15, 0.2) is 5.69 Å². The van der Waals surface area contributed by atoms with Crippen LogP contribution in [0.1, 0.15) is 46.2 Å². The lowest BCUT2D eigenvalue weighted by atomic mass is 9.93. The maximum absolute atomic E-state index is 14.1. The lowest BCUT2D eigenvalue weighted by Crippen LogP contribution is -2.33. The third kappa shape index (κ3) is 6.24. The first-order valence-electron chi connectivity index (χ1n) is 12.9. The lowest BCUT2D eigenvalue weighted by molar-refractivity contribution is 0.0593.